The molecule has 4 nitrogen and oxygen atoms in total. The van der Waals surface area contributed by atoms with E-state index >= 15 is 0 Å². The van der Waals surface area contributed by atoms with Crippen molar-refractivity contribution in [1.82, 2.24) is 4.90 Å². The highest BCUT2D eigenvalue weighted by molar-refractivity contribution is 5.97. The molecule has 1 amide bonds. The molecule has 0 spiro atoms. The Morgan fingerprint density at radius 2 is 1.89 bits per heavy atom. The Morgan fingerprint density at radius 1 is 1.26 bits per heavy atom. The highest BCUT2D eigenvalue weighted by Gasteiger charge is 2.26. The van der Waals surface area contributed by atoms with Gasteiger partial charge in [-0.3, -0.25) is 4.79 Å². The standard InChI is InChI=1S/C15H21NO3/c1-4-16(5-2)14(17)13-11(3)7-6-8-12(13)15-18-9-10-19-15/h6-8,15H,4-5,9-10H2,1-3H3. The quantitative estimate of drug-likeness (QED) is 0.838. The molecule has 104 valence electrons. The molecule has 1 saturated heterocycles. The predicted molar refractivity (Wildman–Crippen MR) is 73.1 cm³/mol. The Kier molecular flexibility index (Phi) is 4.56. The van der Waals surface area contributed by atoms with Crippen LogP contribution in [0.1, 0.15) is 41.6 Å². The minimum Gasteiger partial charge on any atom is -0.346 e. The van der Waals surface area contributed by atoms with Crippen LogP contribution in [0.25, 0.3) is 0 Å². The Bertz CT molecular complexity index is 449. The monoisotopic (exact) mass is 263 g/mol. The number of ether oxygens (including phenoxy) is 2. The van der Waals surface area contributed by atoms with Crippen LogP contribution in [-0.4, -0.2) is 37.1 Å². The molecular weight excluding hydrogens is 242 g/mol. The summed E-state index contributed by atoms with van der Waals surface area (Å²) in [6.45, 7) is 8.50. The Balaban J connectivity index is 2.39. The Morgan fingerprint density at radius 3 is 2.47 bits per heavy atom. The van der Waals surface area contributed by atoms with Gasteiger partial charge in [-0.1, -0.05) is 18.2 Å². The molecule has 0 N–H and O–H groups in total. The summed E-state index contributed by atoms with van der Waals surface area (Å²) in [5.74, 6) is 0.0530. The van der Waals surface area contributed by atoms with Crippen LogP contribution >= 0.6 is 0 Å². The van der Waals surface area contributed by atoms with Crippen LogP contribution < -0.4 is 0 Å². The van der Waals surface area contributed by atoms with Crippen molar-refractivity contribution < 1.29 is 14.3 Å². The summed E-state index contributed by atoms with van der Waals surface area (Å²) >= 11 is 0. The predicted octanol–water partition coefficient (Wildman–Crippen LogP) is 2.52. The van der Waals surface area contributed by atoms with E-state index in [2.05, 4.69) is 0 Å². The minimum atomic E-state index is -0.408. The van der Waals surface area contributed by atoms with Gasteiger partial charge in [0.05, 0.1) is 18.8 Å². The minimum absolute atomic E-state index is 0.0530. The summed E-state index contributed by atoms with van der Waals surface area (Å²) in [6.07, 6.45) is -0.408. The molecule has 0 bridgehead atoms. The van der Waals surface area contributed by atoms with Crippen molar-refractivity contribution in [2.24, 2.45) is 0 Å². The van der Waals surface area contributed by atoms with Crippen molar-refractivity contribution in [2.75, 3.05) is 26.3 Å². The molecule has 1 aliphatic rings. The lowest BCUT2D eigenvalue weighted by Gasteiger charge is -2.23. The Hall–Kier alpha value is -1.39. The van der Waals surface area contributed by atoms with Crippen LogP contribution in [0, 0.1) is 6.92 Å². The summed E-state index contributed by atoms with van der Waals surface area (Å²) in [5, 5.41) is 0. The van der Waals surface area contributed by atoms with Crippen LogP contribution in [0.5, 0.6) is 0 Å². The number of nitrogens with zero attached hydrogens (tertiary/aromatic N) is 1. The van der Waals surface area contributed by atoms with E-state index in [9.17, 15) is 4.79 Å². The number of benzene rings is 1. The van der Waals surface area contributed by atoms with Gasteiger partial charge < -0.3 is 14.4 Å². The molecule has 0 aliphatic carbocycles. The molecule has 1 heterocycles. The second-order valence-corrected chi connectivity index (χ2v) is 4.59. The molecule has 0 saturated carbocycles. The molecule has 1 fully saturated rings. The first-order valence-electron chi connectivity index (χ1n) is 6.81. The van der Waals surface area contributed by atoms with Crippen LogP contribution in [0.15, 0.2) is 18.2 Å². The molecular formula is C15H21NO3. The lowest BCUT2D eigenvalue weighted by Crippen LogP contribution is -2.32. The van der Waals surface area contributed by atoms with Crippen LogP contribution in [0.4, 0.5) is 0 Å². The van der Waals surface area contributed by atoms with Crippen molar-refractivity contribution in [2.45, 2.75) is 27.1 Å². The average molecular weight is 263 g/mol. The molecule has 2 rings (SSSR count). The van der Waals surface area contributed by atoms with Crippen molar-refractivity contribution >= 4 is 5.91 Å². The molecule has 0 aromatic heterocycles. The second-order valence-electron chi connectivity index (χ2n) is 4.59. The summed E-state index contributed by atoms with van der Waals surface area (Å²) < 4.78 is 11.1. The first-order valence-corrected chi connectivity index (χ1v) is 6.81. The van der Waals surface area contributed by atoms with E-state index in [0.29, 0.717) is 26.3 Å². The third-order valence-electron chi connectivity index (χ3n) is 3.45. The fraction of sp³-hybridized carbons (Fsp3) is 0.533. The second kappa shape index (κ2) is 6.17. The molecule has 1 aromatic rings. The smallest absolute Gasteiger partial charge is 0.254 e. The lowest BCUT2D eigenvalue weighted by molar-refractivity contribution is -0.0447. The third-order valence-corrected chi connectivity index (χ3v) is 3.45. The van der Waals surface area contributed by atoms with Gasteiger partial charge in [0, 0.05) is 18.7 Å². The van der Waals surface area contributed by atoms with E-state index < -0.39 is 6.29 Å². The zero-order valence-electron chi connectivity index (χ0n) is 11.8. The maximum absolute atomic E-state index is 12.6. The topological polar surface area (TPSA) is 38.8 Å². The maximum Gasteiger partial charge on any atom is 0.254 e. The summed E-state index contributed by atoms with van der Waals surface area (Å²) in [7, 11) is 0. The Labute approximate surface area is 114 Å². The number of hydrogen-bond acceptors (Lipinski definition) is 3. The molecule has 4 heteroatoms. The van der Waals surface area contributed by atoms with E-state index in [-0.39, 0.29) is 5.91 Å². The van der Waals surface area contributed by atoms with Crippen LogP contribution in [0.2, 0.25) is 0 Å². The number of carbonyl (C=O) groups excluding carboxylic acids is 1. The number of aryl methyl sites for hydroxylation is 1. The van der Waals surface area contributed by atoms with Gasteiger partial charge in [-0.05, 0) is 26.3 Å². The molecule has 0 unspecified atom stereocenters. The maximum atomic E-state index is 12.6. The fourth-order valence-corrected chi connectivity index (χ4v) is 2.39. The van der Waals surface area contributed by atoms with Gasteiger partial charge in [-0.25, -0.2) is 0 Å². The highest BCUT2D eigenvalue weighted by Crippen LogP contribution is 2.29. The van der Waals surface area contributed by atoms with Crippen LogP contribution in [0.3, 0.4) is 0 Å². The largest absolute Gasteiger partial charge is 0.346 e. The molecule has 1 aromatic carbocycles. The molecule has 0 radical (unpaired) electrons. The number of hydrogen-bond donors (Lipinski definition) is 0. The zero-order chi connectivity index (χ0) is 13.8. The average Bonchev–Trinajstić information content (AvgIpc) is 2.93. The molecule has 1 aliphatic heterocycles. The van der Waals surface area contributed by atoms with Gasteiger partial charge in [0.25, 0.3) is 5.91 Å². The van der Waals surface area contributed by atoms with E-state index in [1.165, 1.54) is 0 Å². The zero-order valence-corrected chi connectivity index (χ0v) is 11.8. The van der Waals surface area contributed by atoms with Crippen LogP contribution in [-0.2, 0) is 9.47 Å². The van der Waals surface area contributed by atoms with Gasteiger partial charge in [0.15, 0.2) is 6.29 Å². The van der Waals surface area contributed by atoms with Crippen molar-refractivity contribution in [1.29, 1.82) is 0 Å². The highest BCUT2D eigenvalue weighted by atomic mass is 16.7. The van der Waals surface area contributed by atoms with Crippen molar-refractivity contribution in [3.63, 3.8) is 0 Å². The first kappa shape index (κ1) is 14.0. The summed E-state index contributed by atoms with van der Waals surface area (Å²) in [6, 6.07) is 5.81. The van der Waals surface area contributed by atoms with Crippen molar-refractivity contribution in [3.05, 3.63) is 34.9 Å². The molecule has 19 heavy (non-hydrogen) atoms. The van der Waals surface area contributed by atoms with Gasteiger partial charge in [-0.2, -0.15) is 0 Å². The van der Waals surface area contributed by atoms with Gasteiger partial charge in [0.2, 0.25) is 0 Å². The summed E-state index contributed by atoms with van der Waals surface area (Å²) in [5.41, 5.74) is 2.53. The van der Waals surface area contributed by atoms with E-state index in [1.807, 2.05) is 43.9 Å². The van der Waals surface area contributed by atoms with Gasteiger partial charge >= 0.3 is 0 Å². The van der Waals surface area contributed by atoms with E-state index in [4.69, 9.17) is 9.47 Å². The van der Waals surface area contributed by atoms with E-state index in [1.54, 1.807) is 0 Å². The van der Waals surface area contributed by atoms with E-state index in [0.717, 1.165) is 16.7 Å². The number of rotatable bonds is 4. The molecule has 0 atom stereocenters. The normalized spacial score (nSPS) is 15.7. The van der Waals surface area contributed by atoms with Gasteiger partial charge in [-0.15, -0.1) is 0 Å². The fourth-order valence-electron chi connectivity index (χ4n) is 2.39. The number of carbonyl (C=O) groups is 1. The van der Waals surface area contributed by atoms with Gasteiger partial charge in [0.1, 0.15) is 0 Å². The lowest BCUT2D eigenvalue weighted by atomic mass is 10.00. The van der Waals surface area contributed by atoms with Crippen molar-refractivity contribution in [3.8, 4) is 0 Å². The summed E-state index contributed by atoms with van der Waals surface area (Å²) in [4.78, 5) is 14.4. The first-order chi connectivity index (χ1) is 9.19. The SMILES string of the molecule is CCN(CC)C(=O)c1c(C)cccc1C1OCCO1. The third kappa shape index (κ3) is 2.80. The number of amides is 1.